The Morgan fingerprint density at radius 1 is 1.22 bits per heavy atom. The third-order valence-electron chi connectivity index (χ3n) is 3.79. The van der Waals surface area contributed by atoms with Gasteiger partial charge < -0.3 is 9.84 Å². The lowest BCUT2D eigenvalue weighted by atomic mass is 10.1. The number of fused-ring (bicyclic) bond motifs is 1. The Morgan fingerprint density at radius 3 is 2.61 bits per heavy atom. The van der Waals surface area contributed by atoms with Gasteiger partial charge in [0.2, 0.25) is 5.91 Å². The molecule has 0 fully saturated rings. The molecule has 1 heterocycles. The Hall–Kier alpha value is -3.13. The Morgan fingerprint density at radius 2 is 1.91 bits per heavy atom. The highest BCUT2D eigenvalue weighted by Crippen LogP contribution is 2.23. The third-order valence-corrected chi connectivity index (χ3v) is 3.79. The van der Waals surface area contributed by atoms with Crippen LogP contribution >= 0.6 is 0 Å². The lowest BCUT2D eigenvalue weighted by Crippen LogP contribution is -2.14. The van der Waals surface area contributed by atoms with Crippen LogP contribution in [0.5, 0.6) is 0 Å². The van der Waals surface area contributed by atoms with Crippen LogP contribution in [0.1, 0.15) is 22.4 Å². The molecule has 5 nitrogen and oxygen atoms in total. The number of aromatic nitrogens is 1. The maximum absolute atomic E-state index is 12.2. The van der Waals surface area contributed by atoms with Crippen LogP contribution in [0.4, 0.5) is 5.69 Å². The Bertz CT molecular complexity index is 918. The van der Waals surface area contributed by atoms with E-state index in [1.807, 2.05) is 32.0 Å². The van der Waals surface area contributed by atoms with Gasteiger partial charge in [0.1, 0.15) is 5.69 Å². The number of benzene rings is 2. The van der Waals surface area contributed by atoms with Gasteiger partial charge >= 0.3 is 0 Å². The van der Waals surface area contributed by atoms with E-state index < -0.39 is 0 Å². The molecule has 0 saturated heterocycles. The Labute approximate surface area is 133 Å². The second kappa shape index (κ2) is 5.93. The molecule has 0 bridgehead atoms. The van der Waals surface area contributed by atoms with Gasteiger partial charge in [0.25, 0.3) is 0 Å². The number of anilines is 1. The zero-order chi connectivity index (χ0) is 16.4. The van der Waals surface area contributed by atoms with Crippen molar-refractivity contribution in [2.45, 2.75) is 20.3 Å². The molecule has 3 rings (SSSR count). The molecule has 5 heteroatoms. The van der Waals surface area contributed by atoms with Crippen molar-refractivity contribution in [1.82, 2.24) is 5.16 Å². The molecule has 0 radical (unpaired) electrons. The zero-order valence-corrected chi connectivity index (χ0v) is 12.9. The van der Waals surface area contributed by atoms with E-state index in [1.165, 1.54) is 0 Å². The highest BCUT2D eigenvalue weighted by Gasteiger charge is 2.13. The van der Waals surface area contributed by atoms with E-state index in [0.717, 1.165) is 16.5 Å². The van der Waals surface area contributed by atoms with Crippen LogP contribution in [0, 0.1) is 25.2 Å². The highest BCUT2D eigenvalue weighted by molar-refractivity contribution is 5.94. The van der Waals surface area contributed by atoms with Crippen molar-refractivity contribution in [2.75, 3.05) is 5.32 Å². The molecule has 23 heavy (non-hydrogen) atoms. The molecule has 3 aromatic rings. The van der Waals surface area contributed by atoms with E-state index in [0.29, 0.717) is 22.5 Å². The molecule has 114 valence electrons. The number of hydrogen-bond donors (Lipinski definition) is 1. The summed E-state index contributed by atoms with van der Waals surface area (Å²) in [7, 11) is 0. The summed E-state index contributed by atoms with van der Waals surface area (Å²) in [6, 6.07) is 12.7. The molecular formula is C18H15N3O2. The summed E-state index contributed by atoms with van der Waals surface area (Å²) in [6.45, 7) is 4.02. The molecule has 0 aliphatic heterocycles. The summed E-state index contributed by atoms with van der Waals surface area (Å²) < 4.78 is 5.30. The first-order chi connectivity index (χ1) is 11.1. The number of carbonyl (C=O) groups excluding carboxylic acids is 1. The second-order valence-corrected chi connectivity index (χ2v) is 5.48. The van der Waals surface area contributed by atoms with Crippen LogP contribution in [-0.4, -0.2) is 11.1 Å². The summed E-state index contributed by atoms with van der Waals surface area (Å²) in [5.41, 5.74) is 4.77. The maximum Gasteiger partial charge on any atom is 0.230 e. The fraction of sp³-hybridized carbons (Fsp3) is 0.167. The number of hydrogen-bond acceptors (Lipinski definition) is 4. The maximum atomic E-state index is 12.2. The minimum Gasteiger partial charge on any atom is -0.356 e. The van der Waals surface area contributed by atoms with Gasteiger partial charge in [-0.15, -0.1) is 0 Å². The molecule has 0 aliphatic carbocycles. The minimum atomic E-state index is -0.178. The van der Waals surface area contributed by atoms with E-state index >= 15 is 0 Å². The van der Waals surface area contributed by atoms with Crippen LogP contribution in [0.3, 0.4) is 0 Å². The summed E-state index contributed by atoms with van der Waals surface area (Å²) in [4.78, 5) is 12.2. The monoisotopic (exact) mass is 305 g/mol. The lowest BCUT2D eigenvalue weighted by molar-refractivity contribution is -0.115. The largest absolute Gasteiger partial charge is 0.356 e. The lowest BCUT2D eigenvalue weighted by Gasteiger charge is -2.04. The van der Waals surface area contributed by atoms with Gasteiger partial charge in [-0.25, -0.2) is 0 Å². The number of nitrogens with zero attached hydrogens (tertiary/aromatic N) is 2. The third kappa shape index (κ3) is 3.06. The number of nitriles is 1. The van der Waals surface area contributed by atoms with Crippen molar-refractivity contribution >= 4 is 22.6 Å². The van der Waals surface area contributed by atoms with Gasteiger partial charge in [-0.1, -0.05) is 5.16 Å². The number of aryl methyl sites for hydroxylation is 2. The van der Waals surface area contributed by atoms with Gasteiger partial charge in [-0.2, -0.15) is 5.26 Å². The van der Waals surface area contributed by atoms with E-state index in [9.17, 15) is 4.79 Å². The average Bonchev–Trinajstić information content (AvgIpc) is 2.90. The second-order valence-electron chi connectivity index (χ2n) is 5.48. The number of amides is 1. The van der Waals surface area contributed by atoms with E-state index in [-0.39, 0.29) is 12.3 Å². The summed E-state index contributed by atoms with van der Waals surface area (Å²) in [5.74, 6) is -0.178. The Kier molecular flexibility index (Phi) is 3.82. The SMILES string of the molecule is Cc1cc2onc(CC(=O)Nc3ccc(C#N)cc3)c2cc1C. The van der Waals surface area contributed by atoms with Gasteiger partial charge in [0, 0.05) is 11.1 Å². The standard InChI is InChI=1S/C18H15N3O2/c1-11-7-15-16(21-23-17(15)8-12(11)2)9-18(22)20-14-5-3-13(10-19)4-6-14/h3-8H,9H2,1-2H3,(H,20,22). The molecule has 2 aromatic carbocycles. The van der Waals surface area contributed by atoms with E-state index in [1.54, 1.807) is 24.3 Å². The van der Waals surface area contributed by atoms with Gasteiger partial charge in [-0.05, 0) is 61.4 Å². The molecule has 0 atom stereocenters. The van der Waals surface area contributed by atoms with Crippen molar-refractivity contribution < 1.29 is 9.32 Å². The van der Waals surface area contributed by atoms with Crippen LogP contribution in [0.25, 0.3) is 11.0 Å². The van der Waals surface area contributed by atoms with E-state index in [4.69, 9.17) is 9.78 Å². The normalized spacial score (nSPS) is 10.5. The van der Waals surface area contributed by atoms with Crippen LogP contribution < -0.4 is 5.32 Å². The van der Waals surface area contributed by atoms with Gasteiger partial charge in [0.15, 0.2) is 5.58 Å². The molecule has 1 N–H and O–H groups in total. The van der Waals surface area contributed by atoms with Crippen molar-refractivity contribution in [2.24, 2.45) is 0 Å². The molecule has 0 aliphatic rings. The summed E-state index contributed by atoms with van der Waals surface area (Å²) in [6.07, 6.45) is 0.134. The number of rotatable bonds is 3. The molecule has 0 spiro atoms. The molecule has 0 saturated carbocycles. The van der Waals surface area contributed by atoms with E-state index in [2.05, 4.69) is 10.5 Å². The van der Waals surface area contributed by atoms with Crippen molar-refractivity contribution in [3.63, 3.8) is 0 Å². The quantitative estimate of drug-likeness (QED) is 0.803. The fourth-order valence-corrected chi connectivity index (χ4v) is 2.36. The van der Waals surface area contributed by atoms with Crippen LogP contribution in [0.2, 0.25) is 0 Å². The van der Waals surface area contributed by atoms with Crippen molar-refractivity contribution in [3.05, 3.63) is 58.8 Å². The molecule has 1 amide bonds. The summed E-state index contributed by atoms with van der Waals surface area (Å²) >= 11 is 0. The van der Waals surface area contributed by atoms with Crippen molar-refractivity contribution in [3.8, 4) is 6.07 Å². The van der Waals surface area contributed by atoms with Gasteiger partial charge in [-0.3, -0.25) is 4.79 Å². The van der Waals surface area contributed by atoms with Crippen molar-refractivity contribution in [1.29, 1.82) is 5.26 Å². The minimum absolute atomic E-state index is 0.134. The molecule has 1 aromatic heterocycles. The summed E-state index contributed by atoms with van der Waals surface area (Å²) in [5, 5.41) is 16.4. The first kappa shape index (κ1) is 14.8. The molecule has 0 unspecified atom stereocenters. The number of carbonyl (C=O) groups is 1. The predicted octanol–water partition coefficient (Wildman–Crippen LogP) is 3.50. The highest BCUT2D eigenvalue weighted by atomic mass is 16.5. The van der Waals surface area contributed by atoms with Crippen LogP contribution in [0.15, 0.2) is 40.9 Å². The molecular weight excluding hydrogens is 290 g/mol. The Balaban J connectivity index is 1.77. The van der Waals surface area contributed by atoms with Gasteiger partial charge in [0.05, 0.1) is 18.1 Å². The first-order valence-electron chi connectivity index (χ1n) is 7.22. The van der Waals surface area contributed by atoms with Crippen LogP contribution in [-0.2, 0) is 11.2 Å². The first-order valence-corrected chi connectivity index (χ1v) is 7.22. The number of nitrogens with one attached hydrogen (secondary N) is 1. The predicted molar refractivity (Wildman–Crippen MR) is 87.0 cm³/mol. The fourth-order valence-electron chi connectivity index (χ4n) is 2.36. The smallest absolute Gasteiger partial charge is 0.230 e. The topological polar surface area (TPSA) is 78.9 Å². The average molecular weight is 305 g/mol. The zero-order valence-electron chi connectivity index (χ0n) is 12.9.